The number of amidine groups is 1. The van der Waals surface area contributed by atoms with Crippen LogP contribution in [0.2, 0.25) is 0 Å². The number of amides is 2. The molecule has 0 atom stereocenters. The molecule has 1 aliphatic rings. The van der Waals surface area contributed by atoms with Gasteiger partial charge in [-0.1, -0.05) is 43.8 Å². The van der Waals surface area contributed by atoms with Gasteiger partial charge < -0.3 is 14.5 Å². The summed E-state index contributed by atoms with van der Waals surface area (Å²) in [6.07, 6.45) is 4.53. The van der Waals surface area contributed by atoms with Gasteiger partial charge in [0.15, 0.2) is 5.17 Å². The van der Waals surface area contributed by atoms with E-state index in [1.807, 2.05) is 32.0 Å². The van der Waals surface area contributed by atoms with Crippen LogP contribution in [0.4, 0.5) is 20.2 Å². The molecular weight excluding hydrogens is 500 g/mol. The van der Waals surface area contributed by atoms with Gasteiger partial charge in [-0.15, -0.1) is 0 Å². The van der Waals surface area contributed by atoms with Crippen LogP contribution in [0.15, 0.2) is 76.0 Å². The lowest BCUT2D eigenvalue weighted by molar-refractivity contribution is -0.114. The standard InChI is InChI=1S/C27H25F2N3O4S/c1-3-17-7-5-8-18(4-2)24(17)31-23(33)16-37-27-30-22(15-21-9-6-14-35-21)25(34)32(27)19-10-12-20(13-11-19)36-26(28)29/h5-15,26H,3-4,16H2,1-2H3,(H,31,33)/b22-15+. The van der Waals surface area contributed by atoms with Crippen LogP contribution in [0.3, 0.4) is 0 Å². The normalized spacial score (nSPS) is 14.4. The summed E-state index contributed by atoms with van der Waals surface area (Å²) < 4.78 is 34.8. The monoisotopic (exact) mass is 525 g/mol. The Bertz CT molecular complexity index is 1300. The highest BCUT2D eigenvalue weighted by atomic mass is 32.2. The van der Waals surface area contributed by atoms with E-state index in [0.29, 0.717) is 11.4 Å². The summed E-state index contributed by atoms with van der Waals surface area (Å²) in [4.78, 5) is 31.9. The molecule has 0 aliphatic carbocycles. The second-order valence-electron chi connectivity index (χ2n) is 7.95. The SMILES string of the molecule is CCc1cccc(CC)c1NC(=O)CSC1=N/C(=C/c2ccco2)C(=O)N1c1ccc(OC(F)F)cc1. The largest absolute Gasteiger partial charge is 0.465 e. The maximum atomic E-state index is 13.2. The van der Waals surface area contributed by atoms with Crippen LogP contribution in [0.25, 0.3) is 6.08 Å². The average molecular weight is 526 g/mol. The lowest BCUT2D eigenvalue weighted by Gasteiger charge is -2.18. The lowest BCUT2D eigenvalue weighted by atomic mass is 10.0. The van der Waals surface area contributed by atoms with Crippen LogP contribution < -0.4 is 15.0 Å². The van der Waals surface area contributed by atoms with E-state index in [-0.39, 0.29) is 28.3 Å². The quantitative estimate of drug-likeness (QED) is 0.340. The van der Waals surface area contributed by atoms with Gasteiger partial charge in [0, 0.05) is 11.8 Å². The summed E-state index contributed by atoms with van der Waals surface area (Å²) >= 11 is 1.10. The van der Waals surface area contributed by atoms with E-state index < -0.39 is 12.5 Å². The number of halogens is 2. The van der Waals surface area contributed by atoms with Crippen molar-refractivity contribution in [3.8, 4) is 5.75 Å². The van der Waals surface area contributed by atoms with Crippen molar-refractivity contribution in [2.24, 2.45) is 4.99 Å². The van der Waals surface area contributed by atoms with Crippen molar-refractivity contribution in [3.63, 3.8) is 0 Å². The number of aliphatic imine (C=N–C) groups is 1. The minimum Gasteiger partial charge on any atom is -0.465 e. The number of carbonyl (C=O) groups is 2. The van der Waals surface area contributed by atoms with Gasteiger partial charge in [0.05, 0.1) is 17.7 Å². The van der Waals surface area contributed by atoms with E-state index in [2.05, 4.69) is 15.0 Å². The van der Waals surface area contributed by atoms with E-state index in [4.69, 9.17) is 4.42 Å². The maximum Gasteiger partial charge on any atom is 0.387 e. The molecule has 4 rings (SSSR count). The zero-order valence-electron chi connectivity index (χ0n) is 20.2. The van der Waals surface area contributed by atoms with Crippen molar-refractivity contribution in [1.29, 1.82) is 0 Å². The second kappa shape index (κ2) is 11.9. The molecule has 3 aromatic rings. The number of rotatable bonds is 9. The van der Waals surface area contributed by atoms with Crippen molar-refractivity contribution in [2.75, 3.05) is 16.0 Å². The number of alkyl halides is 2. The predicted octanol–water partition coefficient (Wildman–Crippen LogP) is 6.12. The molecule has 0 bridgehead atoms. The van der Waals surface area contributed by atoms with Crippen LogP contribution >= 0.6 is 11.8 Å². The van der Waals surface area contributed by atoms with Gasteiger partial charge in [-0.3, -0.25) is 14.5 Å². The third-order valence-corrected chi connectivity index (χ3v) is 6.51. The Kier molecular flexibility index (Phi) is 8.39. The highest BCUT2D eigenvalue weighted by Gasteiger charge is 2.32. The van der Waals surface area contributed by atoms with Crippen molar-refractivity contribution in [2.45, 2.75) is 33.3 Å². The average Bonchev–Trinajstić information content (AvgIpc) is 3.51. The third kappa shape index (κ3) is 6.26. The number of furan rings is 1. The number of carbonyl (C=O) groups excluding carboxylic acids is 2. The molecule has 0 saturated carbocycles. The molecule has 2 aromatic carbocycles. The number of ether oxygens (including phenoxy) is 1. The van der Waals surface area contributed by atoms with Gasteiger partial charge in [-0.05, 0) is 60.4 Å². The van der Waals surface area contributed by atoms with E-state index in [9.17, 15) is 18.4 Å². The summed E-state index contributed by atoms with van der Waals surface area (Å²) in [5.41, 5.74) is 3.42. The molecule has 0 spiro atoms. The van der Waals surface area contributed by atoms with Crippen molar-refractivity contribution >= 4 is 46.2 Å². The number of hydrogen-bond donors (Lipinski definition) is 1. The molecule has 1 aromatic heterocycles. The number of aryl methyl sites for hydroxylation is 2. The Morgan fingerprint density at radius 2 is 1.81 bits per heavy atom. The number of nitrogens with zero attached hydrogens (tertiary/aromatic N) is 2. The molecule has 7 nitrogen and oxygen atoms in total. The Balaban J connectivity index is 1.56. The van der Waals surface area contributed by atoms with Gasteiger partial charge in [-0.2, -0.15) is 8.78 Å². The first-order valence-corrected chi connectivity index (χ1v) is 12.6. The minimum absolute atomic E-state index is 0.00439. The first kappa shape index (κ1) is 26.2. The molecule has 0 fully saturated rings. The molecule has 0 radical (unpaired) electrons. The third-order valence-electron chi connectivity index (χ3n) is 5.57. The number of nitrogens with one attached hydrogen (secondary N) is 1. The van der Waals surface area contributed by atoms with Gasteiger partial charge in [0.25, 0.3) is 5.91 Å². The fourth-order valence-corrected chi connectivity index (χ4v) is 4.63. The number of thioether (sulfide) groups is 1. The molecule has 2 amide bonds. The zero-order chi connectivity index (χ0) is 26.4. The van der Waals surface area contributed by atoms with E-state index in [1.54, 1.807) is 12.1 Å². The maximum absolute atomic E-state index is 13.2. The summed E-state index contributed by atoms with van der Waals surface area (Å²) in [5.74, 6) is -0.264. The van der Waals surface area contributed by atoms with E-state index in [0.717, 1.165) is 41.4 Å². The highest BCUT2D eigenvalue weighted by Crippen LogP contribution is 2.31. The van der Waals surface area contributed by atoms with Crippen LogP contribution in [-0.4, -0.2) is 29.3 Å². The lowest BCUT2D eigenvalue weighted by Crippen LogP contribution is -2.31. The minimum atomic E-state index is -2.96. The van der Waals surface area contributed by atoms with Crippen LogP contribution in [0.1, 0.15) is 30.7 Å². The first-order chi connectivity index (χ1) is 17.9. The van der Waals surface area contributed by atoms with E-state index >= 15 is 0 Å². The predicted molar refractivity (Wildman–Crippen MR) is 141 cm³/mol. The van der Waals surface area contributed by atoms with Crippen molar-refractivity contribution < 1.29 is 27.5 Å². The van der Waals surface area contributed by atoms with Crippen LogP contribution in [0.5, 0.6) is 5.75 Å². The molecule has 10 heteroatoms. The zero-order valence-corrected chi connectivity index (χ0v) is 21.1. The Labute approximate surface area is 217 Å². The summed E-state index contributed by atoms with van der Waals surface area (Å²) in [5, 5.41) is 3.29. The first-order valence-electron chi connectivity index (χ1n) is 11.7. The van der Waals surface area contributed by atoms with Crippen LogP contribution in [0, 0.1) is 0 Å². The van der Waals surface area contributed by atoms with Crippen LogP contribution in [-0.2, 0) is 22.4 Å². The number of hydrogen-bond acceptors (Lipinski definition) is 6. The molecular formula is C27H25F2N3O4S. The Morgan fingerprint density at radius 3 is 2.41 bits per heavy atom. The molecule has 0 unspecified atom stereocenters. The summed E-state index contributed by atoms with van der Waals surface area (Å²) in [6, 6.07) is 15.0. The van der Waals surface area contributed by atoms with Gasteiger partial charge >= 0.3 is 6.61 Å². The molecule has 192 valence electrons. The fraction of sp³-hybridized carbons (Fsp3) is 0.222. The topological polar surface area (TPSA) is 84.1 Å². The van der Waals surface area contributed by atoms with Crippen molar-refractivity contribution in [1.82, 2.24) is 0 Å². The number of benzene rings is 2. The smallest absolute Gasteiger partial charge is 0.387 e. The van der Waals surface area contributed by atoms with Gasteiger partial charge in [-0.25, -0.2) is 4.99 Å². The Hall–Kier alpha value is -3.92. The molecule has 0 saturated heterocycles. The molecule has 1 N–H and O–H groups in total. The molecule has 1 aliphatic heterocycles. The van der Waals surface area contributed by atoms with E-state index in [1.165, 1.54) is 41.5 Å². The van der Waals surface area contributed by atoms with Gasteiger partial charge in [0.1, 0.15) is 17.2 Å². The fourth-order valence-electron chi connectivity index (χ4n) is 3.81. The highest BCUT2D eigenvalue weighted by molar-refractivity contribution is 8.14. The molecule has 2 heterocycles. The van der Waals surface area contributed by atoms with Gasteiger partial charge in [0.2, 0.25) is 5.91 Å². The van der Waals surface area contributed by atoms with Crippen molar-refractivity contribution in [3.05, 3.63) is 83.4 Å². The second-order valence-corrected chi connectivity index (χ2v) is 8.89. The number of para-hydroxylation sites is 1. The Morgan fingerprint density at radius 1 is 1.11 bits per heavy atom. The number of anilines is 2. The summed E-state index contributed by atoms with van der Waals surface area (Å²) in [6.45, 7) is 1.10. The summed E-state index contributed by atoms with van der Waals surface area (Å²) in [7, 11) is 0. The molecule has 37 heavy (non-hydrogen) atoms.